The van der Waals surface area contributed by atoms with Gasteiger partial charge in [-0.1, -0.05) is 31.2 Å². The molecule has 0 aromatic heterocycles. The van der Waals surface area contributed by atoms with Gasteiger partial charge in [-0.3, -0.25) is 4.90 Å². The maximum atomic E-state index is 6.06. The van der Waals surface area contributed by atoms with Crippen LogP contribution in [-0.2, 0) is 11.2 Å². The molecule has 0 radical (unpaired) electrons. The van der Waals surface area contributed by atoms with E-state index < -0.39 is 0 Å². The number of nitrogens with zero attached hydrogens (tertiary/aromatic N) is 1. The van der Waals surface area contributed by atoms with Gasteiger partial charge in [0.15, 0.2) is 0 Å². The lowest BCUT2D eigenvalue weighted by molar-refractivity contribution is 0.0132. The molecule has 1 saturated heterocycles. The fourth-order valence-corrected chi connectivity index (χ4v) is 3.52. The number of likely N-dealkylation sites (tertiary alicyclic amines) is 1. The van der Waals surface area contributed by atoms with Gasteiger partial charge in [-0.25, -0.2) is 0 Å². The molecule has 110 valence electrons. The second kappa shape index (κ2) is 6.70. The van der Waals surface area contributed by atoms with Crippen LogP contribution in [0.3, 0.4) is 0 Å². The average Bonchev–Trinajstić information content (AvgIpc) is 2.93. The van der Waals surface area contributed by atoms with Crippen LogP contribution in [0, 0.1) is 0 Å². The average molecular weight is 274 g/mol. The summed E-state index contributed by atoms with van der Waals surface area (Å²) in [5, 5.41) is 3.49. The van der Waals surface area contributed by atoms with Crippen LogP contribution < -0.4 is 5.32 Å². The minimum absolute atomic E-state index is 0.266. The fraction of sp³-hybridized carbons (Fsp3) is 0.647. The van der Waals surface area contributed by atoms with Gasteiger partial charge in [-0.05, 0) is 43.5 Å². The van der Waals surface area contributed by atoms with Crippen molar-refractivity contribution in [3.8, 4) is 0 Å². The van der Waals surface area contributed by atoms with E-state index in [1.54, 1.807) is 0 Å². The van der Waals surface area contributed by atoms with Crippen molar-refractivity contribution in [1.29, 1.82) is 0 Å². The normalized spacial score (nSPS) is 26.6. The molecule has 2 heterocycles. The topological polar surface area (TPSA) is 24.5 Å². The summed E-state index contributed by atoms with van der Waals surface area (Å²) in [6.45, 7) is 7.50. The molecule has 0 aliphatic carbocycles. The first kappa shape index (κ1) is 14.1. The summed E-state index contributed by atoms with van der Waals surface area (Å²) >= 11 is 0. The molecule has 1 aromatic rings. The summed E-state index contributed by atoms with van der Waals surface area (Å²) in [6.07, 6.45) is 3.97. The molecule has 1 aromatic carbocycles. The molecule has 0 amide bonds. The van der Waals surface area contributed by atoms with Crippen LogP contribution in [0.5, 0.6) is 0 Å². The lowest BCUT2D eigenvalue weighted by Gasteiger charge is -2.32. The Morgan fingerprint density at radius 2 is 2.25 bits per heavy atom. The Bertz CT molecular complexity index is 435. The summed E-state index contributed by atoms with van der Waals surface area (Å²) in [7, 11) is 0. The van der Waals surface area contributed by atoms with Crippen LogP contribution in [0.15, 0.2) is 24.3 Å². The Morgan fingerprint density at radius 3 is 3.15 bits per heavy atom. The van der Waals surface area contributed by atoms with Crippen molar-refractivity contribution in [2.45, 2.75) is 38.3 Å². The summed E-state index contributed by atoms with van der Waals surface area (Å²) < 4.78 is 6.06. The van der Waals surface area contributed by atoms with Crippen molar-refractivity contribution >= 4 is 0 Å². The molecule has 3 heteroatoms. The third-order valence-electron chi connectivity index (χ3n) is 4.62. The van der Waals surface area contributed by atoms with E-state index in [9.17, 15) is 0 Å². The van der Waals surface area contributed by atoms with Crippen LogP contribution >= 0.6 is 0 Å². The van der Waals surface area contributed by atoms with Gasteiger partial charge in [0.25, 0.3) is 0 Å². The van der Waals surface area contributed by atoms with Gasteiger partial charge in [0, 0.05) is 19.1 Å². The fourth-order valence-electron chi connectivity index (χ4n) is 3.52. The number of hydrogen-bond donors (Lipinski definition) is 1. The number of fused-ring (bicyclic) bond motifs is 1. The van der Waals surface area contributed by atoms with Crippen LogP contribution in [0.4, 0.5) is 0 Å². The van der Waals surface area contributed by atoms with Crippen molar-refractivity contribution in [1.82, 2.24) is 10.2 Å². The highest BCUT2D eigenvalue weighted by Gasteiger charge is 2.29. The molecule has 2 aliphatic rings. The van der Waals surface area contributed by atoms with E-state index in [4.69, 9.17) is 4.74 Å². The van der Waals surface area contributed by atoms with Crippen LogP contribution in [0.2, 0.25) is 0 Å². The zero-order chi connectivity index (χ0) is 13.8. The summed E-state index contributed by atoms with van der Waals surface area (Å²) in [4.78, 5) is 2.62. The highest BCUT2D eigenvalue weighted by atomic mass is 16.5. The molecular formula is C17H26N2O. The Balaban J connectivity index is 1.66. The molecule has 1 fully saturated rings. The maximum Gasteiger partial charge on any atom is 0.0954 e. The molecule has 1 N–H and O–H groups in total. The van der Waals surface area contributed by atoms with Gasteiger partial charge in [0.1, 0.15) is 0 Å². The minimum Gasteiger partial charge on any atom is -0.372 e. The van der Waals surface area contributed by atoms with E-state index in [1.165, 1.54) is 30.5 Å². The van der Waals surface area contributed by atoms with E-state index in [0.717, 1.165) is 32.7 Å². The molecule has 3 nitrogen and oxygen atoms in total. The first-order chi connectivity index (χ1) is 9.88. The molecule has 0 spiro atoms. The van der Waals surface area contributed by atoms with Gasteiger partial charge < -0.3 is 10.1 Å². The second-order valence-corrected chi connectivity index (χ2v) is 5.91. The van der Waals surface area contributed by atoms with Crippen molar-refractivity contribution in [3.05, 3.63) is 35.4 Å². The monoisotopic (exact) mass is 274 g/mol. The molecule has 2 aliphatic heterocycles. The van der Waals surface area contributed by atoms with E-state index in [1.807, 2.05) is 0 Å². The molecular weight excluding hydrogens is 248 g/mol. The van der Waals surface area contributed by atoms with Crippen molar-refractivity contribution in [3.63, 3.8) is 0 Å². The Morgan fingerprint density at radius 1 is 1.35 bits per heavy atom. The zero-order valence-corrected chi connectivity index (χ0v) is 12.5. The minimum atomic E-state index is 0.266. The standard InChI is InChI=1S/C17H26N2O/c1-2-18-12-15-7-5-10-19(15)13-17-16-8-4-3-6-14(16)9-11-20-17/h3-4,6,8,15,17-18H,2,5,7,9-13H2,1H3. The lowest BCUT2D eigenvalue weighted by atomic mass is 9.97. The summed E-state index contributed by atoms with van der Waals surface area (Å²) in [5.74, 6) is 0. The van der Waals surface area contributed by atoms with Gasteiger partial charge in [0.2, 0.25) is 0 Å². The van der Waals surface area contributed by atoms with Crippen LogP contribution in [0.25, 0.3) is 0 Å². The highest BCUT2D eigenvalue weighted by molar-refractivity contribution is 5.31. The summed E-state index contributed by atoms with van der Waals surface area (Å²) in [5.41, 5.74) is 2.89. The predicted molar refractivity (Wildman–Crippen MR) is 82.0 cm³/mol. The van der Waals surface area contributed by atoms with Gasteiger partial charge >= 0.3 is 0 Å². The van der Waals surface area contributed by atoms with Crippen molar-refractivity contribution in [2.75, 3.05) is 32.8 Å². The molecule has 2 atom stereocenters. The SMILES string of the molecule is CCNCC1CCCN1CC1OCCc2ccccc21. The number of hydrogen-bond acceptors (Lipinski definition) is 3. The van der Waals surface area contributed by atoms with Crippen LogP contribution in [0.1, 0.15) is 37.0 Å². The third-order valence-corrected chi connectivity index (χ3v) is 4.62. The Kier molecular flexibility index (Phi) is 4.71. The molecule has 2 unspecified atom stereocenters. The third kappa shape index (κ3) is 3.05. The van der Waals surface area contributed by atoms with Gasteiger partial charge in [-0.2, -0.15) is 0 Å². The summed E-state index contributed by atoms with van der Waals surface area (Å²) in [6, 6.07) is 9.47. The van der Waals surface area contributed by atoms with E-state index in [2.05, 4.69) is 41.4 Å². The first-order valence-corrected chi connectivity index (χ1v) is 8.02. The van der Waals surface area contributed by atoms with Crippen LogP contribution in [-0.4, -0.2) is 43.7 Å². The lowest BCUT2D eigenvalue weighted by Crippen LogP contribution is -2.41. The van der Waals surface area contributed by atoms with E-state index >= 15 is 0 Å². The number of likely N-dealkylation sites (N-methyl/N-ethyl adjacent to an activating group) is 1. The van der Waals surface area contributed by atoms with Gasteiger partial charge in [0.05, 0.1) is 12.7 Å². The quantitative estimate of drug-likeness (QED) is 0.892. The second-order valence-electron chi connectivity index (χ2n) is 5.91. The largest absolute Gasteiger partial charge is 0.372 e. The highest BCUT2D eigenvalue weighted by Crippen LogP contribution is 2.29. The van der Waals surface area contributed by atoms with Crippen molar-refractivity contribution in [2.24, 2.45) is 0 Å². The number of nitrogens with one attached hydrogen (secondary N) is 1. The van der Waals surface area contributed by atoms with Crippen molar-refractivity contribution < 1.29 is 4.74 Å². The Labute approximate surface area is 122 Å². The molecule has 0 saturated carbocycles. The zero-order valence-electron chi connectivity index (χ0n) is 12.5. The number of ether oxygens (including phenoxy) is 1. The van der Waals surface area contributed by atoms with Gasteiger partial charge in [-0.15, -0.1) is 0 Å². The van der Waals surface area contributed by atoms with E-state index in [0.29, 0.717) is 6.04 Å². The molecule has 0 bridgehead atoms. The maximum absolute atomic E-state index is 6.06. The number of benzene rings is 1. The first-order valence-electron chi connectivity index (χ1n) is 8.02. The molecule has 3 rings (SSSR count). The molecule has 20 heavy (non-hydrogen) atoms. The Hall–Kier alpha value is -0.900. The van der Waals surface area contributed by atoms with E-state index in [-0.39, 0.29) is 6.10 Å². The smallest absolute Gasteiger partial charge is 0.0954 e. The predicted octanol–water partition coefficient (Wildman–Crippen LogP) is 2.37. The number of rotatable bonds is 5.